The number of sulfone groups is 1. The summed E-state index contributed by atoms with van der Waals surface area (Å²) in [6.45, 7) is 4.16. The number of rotatable bonds is 5. The lowest BCUT2D eigenvalue weighted by molar-refractivity contribution is 0.0342. The van der Waals surface area contributed by atoms with Crippen molar-refractivity contribution in [1.82, 2.24) is 4.90 Å². The molecule has 1 amide bonds. The second kappa shape index (κ2) is 8.39. The number of benzene rings is 2. The van der Waals surface area contributed by atoms with Crippen molar-refractivity contribution < 1.29 is 17.9 Å². The van der Waals surface area contributed by atoms with E-state index >= 15 is 0 Å². The zero-order valence-corrected chi connectivity index (χ0v) is 16.5. The van der Waals surface area contributed by atoms with E-state index in [1.165, 1.54) is 18.2 Å². The van der Waals surface area contributed by atoms with Gasteiger partial charge in [-0.1, -0.05) is 23.7 Å². The first-order chi connectivity index (χ1) is 12.8. The summed E-state index contributed by atoms with van der Waals surface area (Å²) in [7, 11) is -3.42. The Balaban J connectivity index is 1.69. The zero-order valence-electron chi connectivity index (χ0n) is 14.9. The molecule has 1 saturated heterocycles. The van der Waals surface area contributed by atoms with Crippen LogP contribution in [0.2, 0.25) is 5.02 Å². The van der Waals surface area contributed by atoms with Crippen LogP contribution < -0.4 is 5.32 Å². The molecule has 0 saturated carbocycles. The number of anilines is 1. The highest BCUT2D eigenvalue weighted by atomic mass is 35.5. The lowest BCUT2D eigenvalue weighted by atomic mass is 10.1. The summed E-state index contributed by atoms with van der Waals surface area (Å²) in [5.74, 6) is -0.452. The van der Waals surface area contributed by atoms with Gasteiger partial charge in [-0.2, -0.15) is 0 Å². The molecule has 3 rings (SSSR count). The van der Waals surface area contributed by atoms with E-state index in [9.17, 15) is 13.2 Å². The fourth-order valence-electron chi connectivity index (χ4n) is 2.82. The molecular weight excluding hydrogens is 388 g/mol. The van der Waals surface area contributed by atoms with Gasteiger partial charge in [0.25, 0.3) is 5.91 Å². The van der Waals surface area contributed by atoms with Crippen LogP contribution in [0.15, 0.2) is 47.4 Å². The average molecular weight is 409 g/mol. The molecule has 1 fully saturated rings. The standard InChI is InChI=1S/C19H21ClN2O4S/c1-27(24,25)16-6-7-18(20)17(12-16)19(23)21-15-4-2-14(3-5-15)13-22-8-10-26-11-9-22/h2-7,12H,8-11,13H2,1H3,(H,21,23). The van der Waals surface area contributed by atoms with E-state index in [1.54, 1.807) is 0 Å². The van der Waals surface area contributed by atoms with E-state index in [0.717, 1.165) is 44.7 Å². The van der Waals surface area contributed by atoms with Crippen LogP contribution in [0, 0.1) is 0 Å². The Labute approximate surface area is 164 Å². The molecular formula is C19H21ClN2O4S. The highest BCUT2D eigenvalue weighted by molar-refractivity contribution is 7.90. The van der Waals surface area contributed by atoms with Crippen LogP contribution in [0.25, 0.3) is 0 Å². The first-order valence-corrected chi connectivity index (χ1v) is 10.8. The molecule has 27 heavy (non-hydrogen) atoms. The van der Waals surface area contributed by atoms with Crippen molar-refractivity contribution >= 4 is 33.0 Å². The molecule has 0 aromatic heterocycles. The predicted octanol–water partition coefficient (Wildman–Crippen LogP) is 2.83. The molecule has 1 aliphatic rings. The number of ether oxygens (including phenoxy) is 1. The molecule has 1 aliphatic heterocycles. The van der Waals surface area contributed by atoms with Gasteiger partial charge in [0.1, 0.15) is 0 Å². The van der Waals surface area contributed by atoms with Gasteiger partial charge in [0.05, 0.1) is 28.7 Å². The first-order valence-electron chi connectivity index (χ1n) is 8.53. The summed E-state index contributed by atoms with van der Waals surface area (Å²) in [5.41, 5.74) is 1.88. The van der Waals surface area contributed by atoms with Crippen LogP contribution >= 0.6 is 11.6 Å². The molecule has 0 radical (unpaired) electrons. The van der Waals surface area contributed by atoms with Crippen molar-refractivity contribution in [2.24, 2.45) is 0 Å². The Bertz CT molecular complexity index is 923. The highest BCUT2D eigenvalue weighted by Gasteiger charge is 2.16. The second-order valence-corrected chi connectivity index (χ2v) is 8.88. The van der Waals surface area contributed by atoms with Crippen molar-refractivity contribution in [2.45, 2.75) is 11.4 Å². The highest BCUT2D eigenvalue weighted by Crippen LogP contribution is 2.22. The van der Waals surface area contributed by atoms with Crippen LogP contribution in [0.3, 0.4) is 0 Å². The number of nitrogens with one attached hydrogen (secondary N) is 1. The second-order valence-electron chi connectivity index (χ2n) is 6.45. The molecule has 1 N–H and O–H groups in total. The van der Waals surface area contributed by atoms with E-state index in [1.807, 2.05) is 24.3 Å². The minimum absolute atomic E-state index is 0.0536. The summed E-state index contributed by atoms with van der Waals surface area (Å²) >= 11 is 6.07. The lowest BCUT2D eigenvalue weighted by Gasteiger charge is -2.26. The smallest absolute Gasteiger partial charge is 0.257 e. The fraction of sp³-hybridized carbons (Fsp3) is 0.316. The van der Waals surface area contributed by atoms with E-state index in [2.05, 4.69) is 10.2 Å². The van der Waals surface area contributed by atoms with E-state index < -0.39 is 15.7 Å². The van der Waals surface area contributed by atoms with Crippen LogP contribution in [-0.2, 0) is 21.1 Å². The number of nitrogens with zero attached hydrogens (tertiary/aromatic N) is 1. The normalized spacial score (nSPS) is 15.5. The van der Waals surface area contributed by atoms with Gasteiger partial charge in [0.15, 0.2) is 9.84 Å². The summed E-state index contributed by atoms with van der Waals surface area (Å²) in [5, 5.41) is 2.95. The van der Waals surface area contributed by atoms with E-state index in [4.69, 9.17) is 16.3 Å². The molecule has 8 heteroatoms. The Morgan fingerprint density at radius 1 is 1.15 bits per heavy atom. The SMILES string of the molecule is CS(=O)(=O)c1ccc(Cl)c(C(=O)Nc2ccc(CN3CCOCC3)cc2)c1. The van der Waals surface area contributed by atoms with Crippen molar-refractivity contribution in [3.8, 4) is 0 Å². The first kappa shape index (κ1) is 19.8. The number of carbonyl (C=O) groups is 1. The fourth-order valence-corrected chi connectivity index (χ4v) is 3.67. The predicted molar refractivity (Wildman–Crippen MR) is 105 cm³/mol. The number of carbonyl (C=O) groups excluding carboxylic acids is 1. The summed E-state index contributed by atoms with van der Waals surface area (Å²) in [6, 6.07) is 11.6. The topological polar surface area (TPSA) is 75.7 Å². The molecule has 2 aromatic rings. The quantitative estimate of drug-likeness (QED) is 0.823. The Morgan fingerprint density at radius 2 is 1.81 bits per heavy atom. The molecule has 0 spiro atoms. The maximum Gasteiger partial charge on any atom is 0.257 e. The molecule has 0 bridgehead atoms. The third kappa shape index (κ3) is 5.29. The largest absolute Gasteiger partial charge is 0.379 e. The van der Waals surface area contributed by atoms with Crippen molar-refractivity contribution in [3.63, 3.8) is 0 Å². The van der Waals surface area contributed by atoms with E-state index in [-0.39, 0.29) is 15.5 Å². The van der Waals surface area contributed by atoms with Crippen molar-refractivity contribution in [3.05, 3.63) is 58.6 Å². The van der Waals surface area contributed by atoms with Gasteiger partial charge in [-0.3, -0.25) is 9.69 Å². The maximum atomic E-state index is 12.5. The molecule has 0 unspecified atom stereocenters. The Morgan fingerprint density at radius 3 is 2.44 bits per heavy atom. The molecule has 2 aromatic carbocycles. The van der Waals surface area contributed by atoms with Gasteiger partial charge in [0.2, 0.25) is 0 Å². The molecule has 1 heterocycles. The van der Waals surface area contributed by atoms with Gasteiger partial charge in [-0.25, -0.2) is 8.42 Å². The van der Waals surface area contributed by atoms with Gasteiger partial charge in [-0.05, 0) is 35.9 Å². The monoisotopic (exact) mass is 408 g/mol. The number of hydrogen-bond donors (Lipinski definition) is 1. The van der Waals surface area contributed by atoms with Crippen LogP contribution in [0.4, 0.5) is 5.69 Å². The van der Waals surface area contributed by atoms with Crippen molar-refractivity contribution in [2.75, 3.05) is 37.9 Å². The number of halogens is 1. The minimum atomic E-state index is -3.42. The molecule has 0 aliphatic carbocycles. The Kier molecular flexibility index (Phi) is 6.16. The molecule has 144 valence electrons. The van der Waals surface area contributed by atoms with Crippen molar-refractivity contribution in [1.29, 1.82) is 0 Å². The van der Waals surface area contributed by atoms with Crippen LogP contribution in [0.1, 0.15) is 15.9 Å². The van der Waals surface area contributed by atoms with Gasteiger partial charge < -0.3 is 10.1 Å². The minimum Gasteiger partial charge on any atom is -0.379 e. The van der Waals surface area contributed by atoms with Crippen LogP contribution in [-0.4, -0.2) is 51.8 Å². The third-order valence-corrected chi connectivity index (χ3v) is 5.77. The summed E-state index contributed by atoms with van der Waals surface area (Å²) in [4.78, 5) is 14.9. The molecule has 6 nitrogen and oxygen atoms in total. The van der Waals surface area contributed by atoms with Crippen LogP contribution in [0.5, 0.6) is 0 Å². The summed E-state index contributed by atoms with van der Waals surface area (Å²) < 4.78 is 28.7. The lowest BCUT2D eigenvalue weighted by Crippen LogP contribution is -2.35. The zero-order chi connectivity index (χ0) is 19.4. The number of morpholine rings is 1. The van der Waals surface area contributed by atoms with E-state index in [0.29, 0.717) is 5.69 Å². The van der Waals surface area contributed by atoms with Gasteiger partial charge in [-0.15, -0.1) is 0 Å². The molecule has 0 atom stereocenters. The summed E-state index contributed by atoms with van der Waals surface area (Å²) in [6.07, 6.45) is 1.09. The maximum absolute atomic E-state index is 12.5. The number of amides is 1. The van der Waals surface area contributed by atoms with Gasteiger partial charge >= 0.3 is 0 Å². The average Bonchev–Trinajstić information content (AvgIpc) is 2.63. The Hall–Kier alpha value is -1.93. The third-order valence-electron chi connectivity index (χ3n) is 4.33. The van der Waals surface area contributed by atoms with Gasteiger partial charge in [0, 0.05) is 31.6 Å². The number of hydrogen-bond acceptors (Lipinski definition) is 5.